The number of carbonyl (C=O) groups is 3. The summed E-state index contributed by atoms with van der Waals surface area (Å²) in [4.78, 5) is 37.8. The van der Waals surface area contributed by atoms with Gasteiger partial charge in [0.2, 0.25) is 5.91 Å². The lowest BCUT2D eigenvalue weighted by Crippen LogP contribution is -2.49. The molecule has 24 heavy (non-hydrogen) atoms. The van der Waals surface area contributed by atoms with Gasteiger partial charge in [-0.05, 0) is 43.7 Å². The maximum Gasteiger partial charge on any atom is 0.325 e. The molecule has 1 spiro atoms. The van der Waals surface area contributed by atoms with E-state index >= 15 is 0 Å². The van der Waals surface area contributed by atoms with E-state index < -0.39 is 29.8 Å². The summed E-state index contributed by atoms with van der Waals surface area (Å²) in [6.07, 6.45) is 2.90. The first-order valence-electron chi connectivity index (χ1n) is 8.10. The van der Waals surface area contributed by atoms with E-state index in [0.29, 0.717) is 18.8 Å². The standard InChI is InChI=1S/C17H20FN3O3/c1-11-6-8-17(9-7-11)15(23)21(16(24)20-17)10-14(22)19-13-5-3-2-4-12(13)18/h2-5,11H,6-10H2,1H3,(H,19,22)(H,20,24). The molecule has 1 heterocycles. The molecule has 3 rings (SSSR count). The number of nitrogens with one attached hydrogen (secondary N) is 2. The van der Waals surface area contributed by atoms with Crippen LogP contribution in [0.3, 0.4) is 0 Å². The number of carbonyl (C=O) groups excluding carboxylic acids is 3. The van der Waals surface area contributed by atoms with Crippen molar-refractivity contribution in [3.8, 4) is 0 Å². The Morgan fingerprint density at radius 3 is 2.67 bits per heavy atom. The topological polar surface area (TPSA) is 78.5 Å². The second-order valence-electron chi connectivity index (χ2n) is 6.61. The molecular weight excluding hydrogens is 313 g/mol. The van der Waals surface area contributed by atoms with Crippen molar-refractivity contribution in [3.05, 3.63) is 30.1 Å². The van der Waals surface area contributed by atoms with Crippen molar-refractivity contribution in [2.24, 2.45) is 5.92 Å². The minimum Gasteiger partial charge on any atom is -0.323 e. The molecule has 2 aliphatic rings. The molecule has 128 valence electrons. The first-order valence-corrected chi connectivity index (χ1v) is 8.10. The molecule has 1 aliphatic heterocycles. The molecule has 7 heteroatoms. The van der Waals surface area contributed by atoms with Crippen molar-refractivity contribution in [3.63, 3.8) is 0 Å². The van der Waals surface area contributed by atoms with Crippen molar-refractivity contribution in [1.29, 1.82) is 0 Å². The molecule has 1 aliphatic carbocycles. The number of rotatable bonds is 3. The van der Waals surface area contributed by atoms with Gasteiger partial charge in [-0.1, -0.05) is 19.1 Å². The fourth-order valence-corrected chi connectivity index (χ4v) is 3.31. The summed E-state index contributed by atoms with van der Waals surface area (Å²) in [5.41, 5.74) is -0.849. The van der Waals surface area contributed by atoms with Gasteiger partial charge in [0.05, 0.1) is 5.69 Å². The van der Waals surface area contributed by atoms with Crippen molar-refractivity contribution < 1.29 is 18.8 Å². The molecule has 4 amide bonds. The van der Waals surface area contributed by atoms with Gasteiger partial charge in [0.25, 0.3) is 5.91 Å². The number of anilines is 1. The smallest absolute Gasteiger partial charge is 0.323 e. The fourth-order valence-electron chi connectivity index (χ4n) is 3.31. The molecule has 0 aromatic heterocycles. The maximum atomic E-state index is 13.6. The highest BCUT2D eigenvalue weighted by Crippen LogP contribution is 2.36. The molecule has 1 saturated carbocycles. The predicted molar refractivity (Wildman–Crippen MR) is 85.6 cm³/mol. The van der Waals surface area contributed by atoms with E-state index in [-0.39, 0.29) is 11.6 Å². The highest BCUT2D eigenvalue weighted by molar-refractivity contribution is 6.10. The SMILES string of the molecule is CC1CCC2(CC1)NC(=O)N(CC(=O)Nc1ccccc1F)C2=O. The van der Waals surface area contributed by atoms with Gasteiger partial charge in [-0.15, -0.1) is 0 Å². The van der Waals surface area contributed by atoms with E-state index in [2.05, 4.69) is 17.6 Å². The highest BCUT2D eigenvalue weighted by Gasteiger charge is 2.52. The summed E-state index contributed by atoms with van der Waals surface area (Å²) in [5.74, 6) is -1.01. The van der Waals surface area contributed by atoms with Gasteiger partial charge < -0.3 is 10.6 Å². The van der Waals surface area contributed by atoms with Crippen LogP contribution in [0.5, 0.6) is 0 Å². The zero-order chi connectivity index (χ0) is 17.3. The van der Waals surface area contributed by atoms with E-state index in [4.69, 9.17) is 0 Å². The third-order valence-corrected chi connectivity index (χ3v) is 4.82. The van der Waals surface area contributed by atoms with Crippen LogP contribution in [0, 0.1) is 11.7 Å². The van der Waals surface area contributed by atoms with Crippen LogP contribution >= 0.6 is 0 Å². The molecule has 2 N–H and O–H groups in total. The maximum absolute atomic E-state index is 13.6. The molecule has 2 fully saturated rings. The van der Waals surface area contributed by atoms with Gasteiger partial charge in [0.15, 0.2) is 0 Å². The summed E-state index contributed by atoms with van der Waals surface area (Å²) in [5, 5.41) is 5.14. The van der Waals surface area contributed by atoms with Crippen LogP contribution < -0.4 is 10.6 Å². The fraction of sp³-hybridized carbons (Fsp3) is 0.471. The van der Waals surface area contributed by atoms with Gasteiger partial charge in [-0.3, -0.25) is 14.5 Å². The van der Waals surface area contributed by atoms with Crippen LogP contribution in [0.15, 0.2) is 24.3 Å². The largest absolute Gasteiger partial charge is 0.325 e. The summed E-state index contributed by atoms with van der Waals surface area (Å²) in [6, 6.07) is 5.18. The third kappa shape index (κ3) is 2.98. The lowest BCUT2D eigenvalue weighted by molar-refractivity contribution is -0.135. The summed E-state index contributed by atoms with van der Waals surface area (Å²) < 4.78 is 13.6. The van der Waals surface area contributed by atoms with E-state index in [9.17, 15) is 18.8 Å². The Morgan fingerprint density at radius 2 is 2.00 bits per heavy atom. The van der Waals surface area contributed by atoms with E-state index in [1.165, 1.54) is 18.2 Å². The number of urea groups is 1. The molecule has 0 bridgehead atoms. The molecule has 1 aromatic rings. The molecule has 0 unspecified atom stereocenters. The van der Waals surface area contributed by atoms with Gasteiger partial charge in [-0.25, -0.2) is 9.18 Å². The zero-order valence-corrected chi connectivity index (χ0v) is 13.5. The van der Waals surface area contributed by atoms with Crippen LogP contribution in [-0.4, -0.2) is 34.8 Å². The van der Waals surface area contributed by atoms with E-state index in [1.807, 2.05) is 0 Å². The Kier molecular flexibility index (Phi) is 4.26. The van der Waals surface area contributed by atoms with Crippen LogP contribution in [0.1, 0.15) is 32.6 Å². The Bertz CT molecular complexity index is 683. The molecule has 1 aromatic carbocycles. The van der Waals surface area contributed by atoms with Crippen LogP contribution in [0.4, 0.5) is 14.9 Å². The molecule has 1 saturated heterocycles. The quantitative estimate of drug-likeness (QED) is 0.833. The van der Waals surface area contributed by atoms with E-state index in [1.54, 1.807) is 6.07 Å². The number of benzene rings is 1. The van der Waals surface area contributed by atoms with Crippen molar-refractivity contribution in [2.45, 2.75) is 38.1 Å². The summed E-state index contributed by atoms with van der Waals surface area (Å²) in [6.45, 7) is 1.70. The third-order valence-electron chi connectivity index (χ3n) is 4.82. The monoisotopic (exact) mass is 333 g/mol. The second-order valence-corrected chi connectivity index (χ2v) is 6.61. The predicted octanol–water partition coefficient (Wildman–Crippen LogP) is 2.26. The van der Waals surface area contributed by atoms with Crippen molar-refractivity contribution >= 4 is 23.5 Å². The Hall–Kier alpha value is -2.44. The van der Waals surface area contributed by atoms with Gasteiger partial charge in [-0.2, -0.15) is 0 Å². The number of para-hydroxylation sites is 1. The van der Waals surface area contributed by atoms with Crippen LogP contribution in [-0.2, 0) is 9.59 Å². The molecule has 0 atom stereocenters. The summed E-state index contributed by atoms with van der Waals surface area (Å²) in [7, 11) is 0. The van der Waals surface area contributed by atoms with Gasteiger partial charge in [0, 0.05) is 0 Å². The number of nitrogens with zero attached hydrogens (tertiary/aromatic N) is 1. The summed E-state index contributed by atoms with van der Waals surface area (Å²) >= 11 is 0. The number of amides is 4. The minimum atomic E-state index is -0.873. The average molecular weight is 333 g/mol. The van der Waals surface area contributed by atoms with Crippen LogP contribution in [0.25, 0.3) is 0 Å². The lowest BCUT2D eigenvalue weighted by atomic mass is 9.77. The Labute approximate surface area is 139 Å². The van der Waals surface area contributed by atoms with Gasteiger partial charge in [0.1, 0.15) is 17.9 Å². The molecule has 0 radical (unpaired) electrons. The number of imide groups is 1. The highest BCUT2D eigenvalue weighted by atomic mass is 19.1. The zero-order valence-electron chi connectivity index (χ0n) is 13.5. The lowest BCUT2D eigenvalue weighted by Gasteiger charge is -2.33. The van der Waals surface area contributed by atoms with Gasteiger partial charge >= 0.3 is 6.03 Å². The van der Waals surface area contributed by atoms with Crippen molar-refractivity contribution in [1.82, 2.24) is 10.2 Å². The first-order chi connectivity index (χ1) is 11.4. The number of hydrogen-bond acceptors (Lipinski definition) is 3. The second kappa shape index (κ2) is 6.22. The normalized spacial score (nSPS) is 26.6. The number of halogens is 1. The number of hydrogen-bond donors (Lipinski definition) is 2. The Morgan fingerprint density at radius 1 is 1.33 bits per heavy atom. The average Bonchev–Trinajstić information content (AvgIpc) is 2.77. The van der Waals surface area contributed by atoms with Crippen molar-refractivity contribution in [2.75, 3.05) is 11.9 Å². The molecular formula is C17H20FN3O3. The van der Waals surface area contributed by atoms with E-state index in [0.717, 1.165) is 17.7 Å². The molecule has 6 nitrogen and oxygen atoms in total. The van der Waals surface area contributed by atoms with Crippen LogP contribution in [0.2, 0.25) is 0 Å². The first kappa shape index (κ1) is 16.4. The minimum absolute atomic E-state index is 0.0239. The Balaban J connectivity index is 1.67.